The Labute approximate surface area is 200 Å². The maximum Gasteiger partial charge on any atom is 0.167 e. The molecule has 0 aromatic heterocycles. The van der Waals surface area contributed by atoms with E-state index in [1.165, 1.54) is 31.2 Å². The van der Waals surface area contributed by atoms with Crippen molar-refractivity contribution in [2.24, 2.45) is 0 Å². The van der Waals surface area contributed by atoms with Gasteiger partial charge in [0.2, 0.25) is 0 Å². The van der Waals surface area contributed by atoms with Crippen molar-refractivity contribution in [3.63, 3.8) is 0 Å². The normalized spacial score (nSPS) is 18.2. The molecular formula is C28H26F6O. The first-order valence-corrected chi connectivity index (χ1v) is 11.7. The lowest BCUT2D eigenvalue weighted by Gasteiger charge is -2.29. The Morgan fingerprint density at radius 1 is 0.657 bits per heavy atom. The first kappa shape index (κ1) is 25.3. The second kappa shape index (κ2) is 10.4. The molecular weight excluding hydrogens is 466 g/mol. The van der Waals surface area contributed by atoms with Crippen molar-refractivity contribution in [3.05, 3.63) is 93.6 Å². The smallest absolute Gasteiger partial charge is 0.167 e. The van der Waals surface area contributed by atoms with Crippen LogP contribution in [-0.2, 0) is 17.8 Å². The molecule has 1 aliphatic rings. The van der Waals surface area contributed by atoms with E-state index in [1.807, 2.05) is 0 Å². The van der Waals surface area contributed by atoms with Crippen LogP contribution in [0.25, 0.3) is 11.1 Å². The first-order chi connectivity index (χ1) is 16.7. The van der Waals surface area contributed by atoms with Crippen molar-refractivity contribution in [3.8, 4) is 11.1 Å². The molecule has 0 bridgehead atoms. The maximum absolute atomic E-state index is 14.8. The van der Waals surface area contributed by atoms with E-state index in [0.29, 0.717) is 31.2 Å². The van der Waals surface area contributed by atoms with Crippen LogP contribution in [0, 0.1) is 41.8 Å². The minimum absolute atomic E-state index is 0.0360. The van der Waals surface area contributed by atoms with E-state index in [2.05, 4.69) is 0 Å². The van der Waals surface area contributed by atoms with Crippen LogP contribution >= 0.6 is 0 Å². The molecule has 7 heteroatoms. The monoisotopic (exact) mass is 492 g/mol. The van der Waals surface area contributed by atoms with Gasteiger partial charge in [-0.3, -0.25) is 0 Å². The number of ether oxygens (including phenoxy) is 1. The van der Waals surface area contributed by atoms with Crippen molar-refractivity contribution in [1.29, 1.82) is 0 Å². The molecule has 1 saturated carbocycles. The third-order valence-corrected chi connectivity index (χ3v) is 6.89. The van der Waals surface area contributed by atoms with Gasteiger partial charge < -0.3 is 4.74 Å². The van der Waals surface area contributed by atoms with E-state index in [9.17, 15) is 26.3 Å². The van der Waals surface area contributed by atoms with Gasteiger partial charge in [0.05, 0.1) is 12.7 Å². The highest BCUT2D eigenvalue weighted by atomic mass is 19.2. The van der Waals surface area contributed by atoms with Crippen LogP contribution in [0.5, 0.6) is 0 Å². The van der Waals surface area contributed by atoms with Gasteiger partial charge in [-0.05, 0) is 61.6 Å². The highest BCUT2D eigenvalue weighted by molar-refractivity contribution is 5.66. The minimum atomic E-state index is -1.27. The molecule has 0 radical (unpaired) electrons. The van der Waals surface area contributed by atoms with Gasteiger partial charge in [-0.15, -0.1) is 0 Å². The number of benzene rings is 3. The topological polar surface area (TPSA) is 9.23 Å². The Morgan fingerprint density at radius 2 is 1.23 bits per heavy atom. The van der Waals surface area contributed by atoms with Gasteiger partial charge in [-0.25, -0.2) is 26.3 Å². The number of hydrogen-bond donors (Lipinski definition) is 0. The fourth-order valence-corrected chi connectivity index (χ4v) is 4.70. The molecule has 0 spiro atoms. The Bertz CT molecular complexity index is 1230. The predicted octanol–water partition coefficient (Wildman–Crippen LogP) is 8.30. The quantitative estimate of drug-likeness (QED) is 0.315. The average molecular weight is 493 g/mol. The standard InChI is InChI=1S/C28H26F6O/c1-3-16-7-12-21(27(33)24(16)30)22-13-8-18(25(31)28(22)34)14-35-19-9-5-17(6-10-19)20-11-4-15(2)23(29)26(20)32/h4,7-8,11-13,17,19H,3,5-6,9-10,14H2,1-2H3. The van der Waals surface area contributed by atoms with Crippen LogP contribution in [0.1, 0.15) is 60.8 Å². The van der Waals surface area contributed by atoms with Crippen molar-refractivity contribution in [2.75, 3.05) is 0 Å². The summed E-state index contributed by atoms with van der Waals surface area (Å²) in [5.41, 5.74) is 0.0216. The number of aryl methyl sites for hydroxylation is 2. The molecule has 186 valence electrons. The van der Waals surface area contributed by atoms with Gasteiger partial charge >= 0.3 is 0 Å². The largest absolute Gasteiger partial charge is 0.373 e. The lowest BCUT2D eigenvalue weighted by atomic mass is 9.82. The third-order valence-electron chi connectivity index (χ3n) is 6.89. The second-order valence-electron chi connectivity index (χ2n) is 9.04. The van der Waals surface area contributed by atoms with E-state index in [1.54, 1.807) is 19.1 Å². The van der Waals surface area contributed by atoms with Crippen molar-refractivity contribution >= 4 is 0 Å². The van der Waals surface area contributed by atoms with Crippen LogP contribution in [0.15, 0.2) is 36.4 Å². The summed E-state index contributed by atoms with van der Waals surface area (Å²) >= 11 is 0. The number of halogens is 6. The van der Waals surface area contributed by atoms with Crippen molar-refractivity contribution in [1.82, 2.24) is 0 Å². The van der Waals surface area contributed by atoms with E-state index < -0.39 is 34.9 Å². The molecule has 1 fully saturated rings. The van der Waals surface area contributed by atoms with Crippen molar-refractivity contribution in [2.45, 2.75) is 64.6 Å². The molecule has 0 atom stereocenters. The van der Waals surface area contributed by atoms with Gasteiger partial charge in [0.25, 0.3) is 0 Å². The maximum atomic E-state index is 14.8. The molecule has 4 rings (SSSR count). The molecule has 0 saturated heterocycles. The van der Waals surface area contributed by atoms with Gasteiger partial charge in [-0.1, -0.05) is 43.3 Å². The van der Waals surface area contributed by atoms with Gasteiger partial charge in [0, 0.05) is 16.7 Å². The van der Waals surface area contributed by atoms with E-state index >= 15 is 0 Å². The Balaban J connectivity index is 1.41. The van der Waals surface area contributed by atoms with Crippen LogP contribution in [0.3, 0.4) is 0 Å². The summed E-state index contributed by atoms with van der Waals surface area (Å²) in [4.78, 5) is 0. The molecule has 35 heavy (non-hydrogen) atoms. The summed E-state index contributed by atoms with van der Waals surface area (Å²) in [6.07, 6.45) is 2.33. The fraction of sp³-hybridized carbons (Fsp3) is 0.357. The summed E-state index contributed by atoms with van der Waals surface area (Å²) in [5, 5.41) is 0. The fourth-order valence-electron chi connectivity index (χ4n) is 4.70. The molecule has 3 aromatic rings. The molecule has 1 nitrogen and oxygen atoms in total. The summed E-state index contributed by atoms with van der Waals surface area (Å²) in [6.45, 7) is 2.98. The minimum Gasteiger partial charge on any atom is -0.373 e. The molecule has 0 aliphatic heterocycles. The summed E-state index contributed by atoms with van der Waals surface area (Å²) < 4.78 is 92.0. The van der Waals surface area contributed by atoms with E-state index in [0.717, 1.165) is 0 Å². The Kier molecular flexibility index (Phi) is 7.55. The highest BCUT2D eigenvalue weighted by Gasteiger charge is 2.27. The second-order valence-corrected chi connectivity index (χ2v) is 9.04. The lowest BCUT2D eigenvalue weighted by Crippen LogP contribution is -2.21. The molecule has 0 amide bonds. The lowest BCUT2D eigenvalue weighted by molar-refractivity contribution is 0.0116. The molecule has 0 heterocycles. The van der Waals surface area contributed by atoms with Gasteiger partial charge in [0.1, 0.15) is 0 Å². The Morgan fingerprint density at radius 3 is 1.83 bits per heavy atom. The van der Waals surface area contributed by atoms with Crippen LogP contribution < -0.4 is 0 Å². The third kappa shape index (κ3) is 4.96. The zero-order valence-corrected chi connectivity index (χ0v) is 19.5. The summed E-state index contributed by atoms with van der Waals surface area (Å²) in [5.74, 6) is -6.50. The molecule has 1 aliphatic carbocycles. The molecule has 0 unspecified atom stereocenters. The Hall–Kier alpha value is -2.80. The summed E-state index contributed by atoms with van der Waals surface area (Å²) in [6, 6.07) is 8.29. The SMILES string of the molecule is CCc1ccc(-c2ccc(COC3CCC(c4ccc(C)c(F)c4F)CC3)c(F)c2F)c(F)c1F. The zero-order valence-electron chi connectivity index (χ0n) is 19.5. The van der Waals surface area contributed by atoms with Crippen LogP contribution in [-0.4, -0.2) is 6.10 Å². The zero-order chi connectivity index (χ0) is 25.3. The average Bonchev–Trinajstić information content (AvgIpc) is 2.86. The van der Waals surface area contributed by atoms with Crippen molar-refractivity contribution < 1.29 is 31.1 Å². The predicted molar refractivity (Wildman–Crippen MR) is 122 cm³/mol. The van der Waals surface area contributed by atoms with Crippen LogP contribution in [0.2, 0.25) is 0 Å². The van der Waals surface area contributed by atoms with Gasteiger partial charge in [0.15, 0.2) is 34.9 Å². The first-order valence-electron chi connectivity index (χ1n) is 11.7. The van der Waals surface area contributed by atoms with Crippen LogP contribution in [0.4, 0.5) is 26.3 Å². The highest BCUT2D eigenvalue weighted by Crippen LogP contribution is 2.37. The van der Waals surface area contributed by atoms with E-state index in [-0.39, 0.29) is 52.9 Å². The number of hydrogen-bond acceptors (Lipinski definition) is 1. The molecule has 0 N–H and O–H groups in total. The summed E-state index contributed by atoms with van der Waals surface area (Å²) in [7, 11) is 0. The van der Waals surface area contributed by atoms with Gasteiger partial charge in [-0.2, -0.15) is 0 Å². The molecule has 3 aromatic carbocycles. The van der Waals surface area contributed by atoms with E-state index in [4.69, 9.17) is 4.74 Å². The number of rotatable bonds is 6.